The lowest BCUT2D eigenvalue weighted by Gasteiger charge is -2.31. The van der Waals surface area contributed by atoms with E-state index in [-0.39, 0.29) is 17.4 Å². The molecule has 0 spiro atoms. The SMILES string of the molecule is CC(C)C(=O)N1CCC2CC2(N)C1. The zero-order valence-corrected chi connectivity index (χ0v) is 8.42. The van der Waals surface area contributed by atoms with E-state index in [1.807, 2.05) is 18.7 Å². The fourth-order valence-corrected chi connectivity index (χ4v) is 2.28. The molecule has 13 heavy (non-hydrogen) atoms. The van der Waals surface area contributed by atoms with Gasteiger partial charge in [0, 0.05) is 24.5 Å². The van der Waals surface area contributed by atoms with Crippen LogP contribution in [0.1, 0.15) is 26.7 Å². The van der Waals surface area contributed by atoms with Crippen molar-refractivity contribution in [1.82, 2.24) is 4.90 Å². The van der Waals surface area contributed by atoms with Crippen molar-refractivity contribution in [3.63, 3.8) is 0 Å². The third-order valence-electron chi connectivity index (χ3n) is 3.32. The second-order valence-electron chi connectivity index (χ2n) is 4.84. The Hall–Kier alpha value is -0.570. The fourth-order valence-electron chi connectivity index (χ4n) is 2.28. The Kier molecular flexibility index (Phi) is 1.88. The normalized spacial score (nSPS) is 37.5. The van der Waals surface area contributed by atoms with Gasteiger partial charge in [-0.25, -0.2) is 0 Å². The maximum Gasteiger partial charge on any atom is 0.225 e. The van der Waals surface area contributed by atoms with Crippen LogP contribution in [0.4, 0.5) is 0 Å². The lowest BCUT2D eigenvalue weighted by atomic mass is 10.0. The molecule has 0 radical (unpaired) electrons. The minimum absolute atomic E-state index is 0.0111. The second-order valence-corrected chi connectivity index (χ2v) is 4.84. The first kappa shape index (κ1) is 9.00. The van der Waals surface area contributed by atoms with Crippen molar-refractivity contribution in [2.24, 2.45) is 17.6 Å². The Labute approximate surface area is 79.3 Å². The number of rotatable bonds is 1. The summed E-state index contributed by atoms with van der Waals surface area (Å²) >= 11 is 0. The minimum atomic E-state index is -0.0111. The Morgan fingerprint density at radius 3 is 2.85 bits per heavy atom. The molecule has 0 bridgehead atoms. The second kappa shape index (κ2) is 2.71. The highest BCUT2D eigenvalue weighted by molar-refractivity contribution is 5.78. The number of hydrogen-bond donors (Lipinski definition) is 1. The summed E-state index contributed by atoms with van der Waals surface area (Å²) < 4.78 is 0. The number of carbonyl (C=O) groups is 1. The molecule has 1 aliphatic heterocycles. The highest BCUT2D eigenvalue weighted by Gasteiger charge is 2.54. The molecule has 2 N–H and O–H groups in total. The van der Waals surface area contributed by atoms with Crippen molar-refractivity contribution in [2.45, 2.75) is 32.2 Å². The largest absolute Gasteiger partial charge is 0.341 e. The summed E-state index contributed by atoms with van der Waals surface area (Å²) in [6, 6.07) is 0. The van der Waals surface area contributed by atoms with Crippen LogP contribution in [0.5, 0.6) is 0 Å². The molecule has 2 fully saturated rings. The zero-order valence-electron chi connectivity index (χ0n) is 8.42. The Morgan fingerprint density at radius 2 is 2.31 bits per heavy atom. The molecule has 1 aliphatic carbocycles. The summed E-state index contributed by atoms with van der Waals surface area (Å²) in [4.78, 5) is 13.6. The van der Waals surface area contributed by atoms with E-state index in [1.165, 1.54) is 0 Å². The smallest absolute Gasteiger partial charge is 0.225 e. The first-order chi connectivity index (χ1) is 6.03. The van der Waals surface area contributed by atoms with E-state index < -0.39 is 0 Å². The Bertz CT molecular complexity index is 239. The highest BCUT2D eigenvalue weighted by Crippen LogP contribution is 2.47. The zero-order chi connectivity index (χ0) is 9.64. The van der Waals surface area contributed by atoms with Crippen LogP contribution in [0.15, 0.2) is 0 Å². The van der Waals surface area contributed by atoms with Crippen LogP contribution in [-0.2, 0) is 4.79 Å². The molecule has 0 aromatic carbocycles. The van der Waals surface area contributed by atoms with Crippen LogP contribution in [0.2, 0.25) is 0 Å². The van der Waals surface area contributed by atoms with E-state index in [0.29, 0.717) is 5.92 Å². The van der Waals surface area contributed by atoms with Crippen LogP contribution in [0.25, 0.3) is 0 Å². The number of likely N-dealkylation sites (tertiary alicyclic amines) is 1. The molecule has 1 amide bonds. The number of fused-ring (bicyclic) bond motifs is 1. The van der Waals surface area contributed by atoms with Crippen LogP contribution in [0, 0.1) is 11.8 Å². The maximum atomic E-state index is 11.7. The molecule has 2 rings (SSSR count). The Morgan fingerprint density at radius 1 is 1.62 bits per heavy atom. The summed E-state index contributed by atoms with van der Waals surface area (Å²) in [5.41, 5.74) is 6.08. The molecule has 3 heteroatoms. The van der Waals surface area contributed by atoms with Crippen molar-refractivity contribution >= 4 is 5.91 Å². The first-order valence-electron chi connectivity index (χ1n) is 5.10. The summed E-state index contributed by atoms with van der Waals surface area (Å²) in [6.45, 7) is 5.60. The number of nitrogens with two attached hydrogens (primary N) is 1. The van der Waals surface area contributed by atoms with Gasteiger partial charge in [-0.2, -0.15) is 0 Å². The molecule has 3 nitrogen and oxygen atoms in total. The van der Waals surface area contributed by atoms with Gasteiger partial charge in [-0.05, 0) is 18.8 Å². The lowest BCUT2D eigenvalue weighted by Crippen LogP contribution is -2.49. The van der Waals surface area contributed by atoms with E-state index in [0.717, 1.165) is 25.9 Å². The number of carbonyl (C=O) groups excluding carboxylic acids is 1. The first-order valence-corrected chi connectivity index (χ1v) is 5.10. The third-order valence-corrected chi connectivity index (χ3v) is 3.32. The van der Waals surface area contributed by atoms with Gasteiger partial charge in [-0.15, -0.1) is 0 Å². The summed E-state index contributed by atoms with van der Waals surface area (Å²) in [7, 11) is 0. The molecule has 1 heterocycles. The monoisotopic (exact) mass is 182 g/mol. The summed E-state index contributed by atoms with van der Waals surface area (Å²) in [5.74, 6) is 1.07. The molecule has 2 unspecified atom stereocenters. The number of hydrogen-bond acceptors (Lipinski definition) is 2. The van der Waals surface area contributed by atoms with E-state index in [1.54, 1.807) is 0 Å². The average Bonchev–Trinajstić information content (AvgIpc) is 2.73. The van der Waals surface area contributed by atoms with E-state index in [4.69, 9.17) is 5.73 Å². The number of nitrogens with zero attached hydrogens (tertiary/aromatic N) is 1. The molecular formula is C10H18N2O. The van der Waals surface area contributed by atoms with Gasteiger partial charge in [0.1, 0.15) is 0 Å². The van der Waals surface area contributed by atoms with Gasteiger partial charge >= 0.3 is 0 Å². The van der Waals surface area contributed by atoms with E-state index >= 15 is 0 Å². The summed E-state index contributed by atoms with van der Waals surface area (Å²) in [5, 5.41) is 0. The molecule has 1 saturated carbocycles. The van der Waals surface area contributed by atoms with Crippen LogP contribution in [-0.4, -0.2) is 29.4 Å². The van der Waals surface area contributed by atoms with Crippen molar-refractivity contribution in [1.29, 1.82) is 0 Å². The molecule has 1 saturated heterocycles. The topological polar surface area (TPSA) is 46.3 Å². The van der Waals surface area contributed by atoms with Crippen molar-refractivity contribution in [3.05, 3.63) is 0 Å². The van der Waals surface area contributed by atoms with Gasteiger partial charge < -0.3 is 10.6 Å². The molecule has 2 aliphatic rings. The maximum absolute atomic E-state index is 11.7. The lowest BCUT2D eigenvalue weighted by molar-refractivity contribution is -0.135. The van der Waals surface area contributed by atoms with Gasteiger partial charge in [0.25, 0.3) is 0 Å². The number of amides is 1. The Balaban J connectivity index is 1.98. The van der Waals surface area contributed by atoms with Gasteiger partial charge in [0.15, 0.2) is 0 Å². The van der Waals surface area contributed by atoms with Crippen molar-refractivity contribution in [3.8, 4) is 0 Å². The van der Waals surface area contributed by atoms with E-state index in [9.17, 15) is 4.79 Å². The van der Waals surface area contributed by atoms with Gasteiger partial charge in [-0.1, -0.05) is 13.8 Å². The van der Waals surface area contributed by atoms with Crippen LogP contribution < -0.4 is 5.73 Å². The van der Waals surface area contributed by atoms with Gasteiger partial charge in [0.2, 0.25) is 5.91 Å². The average molecular weight is 182 g/mol. The van der Waals surface area contributed by atoms with Gasteiger partial charge in [-0.3, -0.25) is 4.79 Å². The number of piperidine rings is 1. The molecule has 0 aromatic heterocycles. The molecule has 74 valence electrons. The summed E-state index contributed by atoms with van der Waals surface area (Å²) in [6.07, 6.45) is 2.23. The minimum Gasteiger partial charge on any atom is -0.341 e. The third kappa shape index (κ3) is 1.46. The van der Waals surface area contributed by atoms with Gasteiger partial charge in [0.05, 0.1) is 0 Å². The van der Waals surface area contributed by atoms with Crippen LogP contribution >= 0.6 is 0 Å². The molecule has 0 aromatic rings. The van der Waals surface area contributed by atoms with Crippen molar-refractivity contribution < 1.29 is 4.79 Å². The highest BCUT2D eigenvalue weighted by atomic mass is 16.2. The fraction of sp³-hybridized carbons (Fsp3) is 0.900. The quantitative estimate of drug-likeness (QED) is 0.645. The molecule has 2 atom stereocenters. The predicted molar refractivity (Wildman–Crippen MR) is 51.1 cm³/mol. The predicted octanol–water partition coefficient (Wildman–Crippen LogP) is 0.592. The van der Waals surface area contributed by atoms with Crippen molar-refractivity contribution in [2.75, 3.05) is 13.1 Å². The standard InChI is InChI=1S/C10H18N2O/c1-7(2)9(13)12-4-3-8-5-10(8,11)6-12/h7-8H,3-6,11H2,1-2H3. The van der Waals surface area contributed by atoms with Crippen LogP contribution in [0.3, 0.4) is 0 Å². The molecular weight excluding hydrogens is 164 g/mol. The van der Waals surface area contributed by atoms with E-state index in [2.05, 4.69) is 0 Å².